The number of fused-ring (bicyclic) bond motifs is 1. The lowest BCUT2D eigenvalue weighted by molar-refractivity contribution is -0.0846. The third-order valence-electron chi connectivity index (χ3n) is 5.53. The average Bonchev–Trinajstić information content (AvgIpc) is 2.27. The molecule has 2 heteroatoms. The normalized spacial score (nSPS) is 45.8. The standard InChI is InChI=1S/C15H26O2/c1-13(2)8-5-6-11-7-9-15(4,17)12(16)10-14(11,13)3/h7,12,16-17H,5-6,8-10H2,1-4H3/t12-,14-,15+/m1/s1. The fraction of sp³-hybridized carbons (Fsp3) is 0.867. The molecule has 2 aliphatic rings. The Morgan fingerprint density at radius 3 is 2.53 bits per heavy atom. The zero-order valence-electron chi connectivity index (χ0n) is 11.6. The molecular formula is C15H26O2. The van der Waals surface area contributed by atoms with Crippen molar-refractivity contribution >= 4 is 0 Å². The van der Waals surface area contributed by atoms with Gasteiger partial charge in [0.15, 0.2) is 0 Å². The lowest BCUT2D eigenvalue weighted by Crippen LogP contribution is -2.46. The highest BCUT2D eigenvalue weighted by Gasteiger charge is 2.50. The van der Waals surface area contributed by atoms with E-state index in [1.54, 1.807) is 6.92 Å². The summed E-state index contributed by atoms with van der Waals surface area (Å²) in [7, 11) is 0. The van der Waals surface area contributed by atoms with Crippen LogP contribution in [0, 0.1) is 10.8 Å². The molecule has 0 bridgehead atoms. The van der Waals surface area contributed by atoms with Crippen LogP contribution in [0.15, 0.2) is 11.6 Å². The number of rotatable bonds is 0. The van der Waals surface area contributed by atoms with Gasteiger partial charge in [0.05, 0.1) is 11.7 Å². The van der Waals surface area contributed by atoms with Crippen molar-refractivity contribution in [3.05, 3.63) is 11.6 Å². The molecule has 0 aromatic heterocycles. The fourth-order valence-electron chi connectivity index (χ4n) is 3.51. The van der Waals surface area contributed by atoms with Crippen LogP contribution in [0.5, 0.6) is 0 Å². The van der Waals surface area contributed by atoms with Gasteiger partial charge in [0.25, 0.3) is 0 Å². The summed E-state index contributed by atoms with van der Waals surface area (Å²) in [5.74, 6) is 0. The predicted molar refractivity (Wildman–Crippen MR) is 69.7 cm³/mol. The van der Waals surface area contributed by atoms with Crippen LogP contribution in [0.2, 0.25) is 0 Å². The molecule has 0 aromatic carbocycles. The molecule has 98 valence electrons. The van der Waals surface area contributed by atoms with Gasteiger partial charge in [0.2, 0.25) is 0 Å². The van der Waals surface area contributed by atoms with Crippen molar-refractivity contribution in [3.8, 4) is 0 Å². The Balaban J connectivity index is 2.41. The molecule has 1 saturated carbocycles. The van der Waals surface area contributed by atoms with Gasteiger partial charge in [-0.15, -0.1) is 0 Å². The van der Waals surface area contributed by atoms with E-state index in [2.05, 4.69) is 26.8 Å². The molecule has 0 unspecified atom stereocenters. The van der Waals surface area contributed by atoms with Gasteiger partial charge in [-0.05, 0) is 49.9 Å². The molecule has 1 fully saturated rings. The summed E-state index contributed by atoms with van der Waals surface area (Å²) in [5.41, 5.74) is 0.721. The molecule has 2 aliphatic carbocycles. The second-order valence-electron chi connectivity index (χ2n) is 7.08. The summed E-state index contributed by atoms with van der Waals surface area (Å²) in [6.45, 7) is 8.62. The zero-order valence-corrected chi connectivity index (χ0v) is 11.6. The maximum Gasteiger partial charge on any atom is 0.0912 e. The Kier molecular flexibility index (Phi) is 2.95. The molecular weight excluding hydrogens is 212 g/mol. The minimum absolute atomic E-state index is 0.0329. The molecule has 0 aromatic rings. The molecule has 0 aliphatic heterocycles. The molecule has 0 heterocycles. The lowest BCUT2D eigenvalue weighted by Gasteiger charge is -2.50. The fourth-order valence-corrected chi connectivity index (χ4v) is 3.51. The average molecular weight is 238 g/mol. The molecule has 0 spiro atoms. The van der Waals surface area contributed by atoms with Crippen molar-refractivity contribution in [1.29, 1.82) is 0 Å². The summed E-state index contributed by atoms with van der Waals surface area (Å²) < 4.78 is 0. The van der Waals surface area contributed by atoms with Gasteiger partial charge in [0.1, 0.15) is 0 Å². The Morgan fingerprint density at radius 1 is 1.24 bits per heavy atom. The number of allylic oxidation sites excluding steroid dienone is 1. The van der Waals surface area contributed by atoms with Gasteiger partial charge in [-0.3, -0.25) is 0 Å². The van der Waals surface area contributed by atoms with E-state index in [-0.39, 0.29) is 10.8 Å². The van der Waals surface area contributed by atoms with E-state index in [9.17, 15) is 10.2 Å². The van der Waals surface area contributed by atoms with Gasteiger partial charge in [0, 0.05) is 0 Å². The van der Waals surface area contributed by atoms with Crippen molar-refractivity contribution in [2.75, 3.05) is 0 Å². The number of aliphatic hydroxyl groups excluding tert-OH is 1. The van der Waals surface area contributed by atoms with E-state index in [0.29, 0.717) is 12.8 Å². The second kappa shape index (κ2) is 3.83. The van der Waals surface area contributed by atoms with E-state index in [1.165, 1.54) is 18.4 Å². The van der Waals surface area contributed by atoms with E-state index in [0.717, 1.165) is 6.42 Å². The van der Waals surface area contributed by atoms with E-state index >= 15 is 0 Å². The van der Waals surface area contributed by atoms with Crippen molar-refractivity contribution in [1.82, 2.24) is 0 Å². The quantitative estimate of drug-likeness (QED) is 0.637. The highest BCUT2D eigenvalue weighted by molar-refractivity contribution is 5.24. The Morgan fingerprint density at radius 2 is 1.88 bits per heavy atom. The summed E-state index contributed by atoms with van der Waals surface area (Å²) >= 11 is 0. The van der Waals surface area contributed by atoms with Crippen LogP contribution in [0.1, 0.15) is 59.8 Å². The SMILES string of the molecule is CC1(C)CCCC2=CC[C@](C)(O)[C@H](O)C[C@]21C. The zero-order chi connectivity index (χ0) is 12.9. The first-order valence-electron chi connectivity index (χ1n) is 6.79. The highest BCUT2D eigenvalue weighted by Crippen LogP contribution is 2.57. The number of aliphatic hydroxyl groups is 2. The van der Waals surface area contributed by atoms with Crippen LogP contribution in [0.4, 0.5) is 0 Å². The predicted octanol–water partition coefficient (Wildman–Crippen LogP) is 3.03. The van der Waals surface area contributed by atoms with Crippen molar-refractivity contribution in [2.45, 2.75) is 71.5 Å². The topological polar surface area (TPSA) is 40.5 Å². The van der Waals surface area contributed by atoms with Gasteiger partial charge < -0.3 is 10.2 Å². The highest BCUT2D eigenvalue weighted by atomic mass is 16.3. The third kappa shape index (κ3) is 1.96. The number of hydrogen-bond donors (Lipinski definition) is 2. The van der Waals surface area contributed by atoms with Crippen molar-refractivity contribution < 1.29 is 10.2 Å². The van der Waals surface area contributed by atoms with E-state index < -0.39 is 11.7 Å². The van der Waals surface area contributed by atoms with Gasteiger partial charge >= 0.3 is 0 Å². The molecule has 0 amide bonds. The lowest BCUT2D eigenvalue weighted by atomic mass is 9.54. The summed E-state index contributed by atoms with van der Waals surface area (Å²) in [5, 5.41) is 20.5. The molecule has 17 heavy (non-hydrogen) atoms. The molecule has 0 saturated heterocycles. The minimum Gasteiger partial charge on any atom is -0.390 e. The molecule has 2 N–H and O–H groups in total. The molecule has 3 atom stereocenters. The summed E-state index contributed by atoms with van der Waals surface area (Å²) in [4.78, 5) is 0. The first-order valence-corrected chi connectivity index (χ1v) is 6.79. The third-order valence-corrected chi connectivity index (χ3v) is 5.53. The van der Waals surface area contributed by atoms with Crippen molar-refractivity contribution in [3.63, 3.8) is 0 Å². The second-order valence-corrected chi connectivity index (χ2v) is 7.08. The molecule has 2 nitrogen and oxygen atoms in total. The van der Waals surface area contributed by atoms with E-state index in [1.807, 2.05) is 0 Å². The largest absolute Gasteiger partial charge is 0.390 e. The monoisotopic (exact) mass is 238 g/mol. The first-order chi connectivity index (χ1) is 7.69. The van der Waals surface area contributed by atoms with Crippen LogP contribution < -0.4 is 0 Å². The Bertz CT molecular complexity index is 341. The van der Waals surface area contributed by atoms with E-state index in [4.69, 9.17) is 0 Å². The molecule has 0 radical (unpaired) electrons. The number of hydrogen-bond acceptors (Lipinski definition) is 2. The van der Waals surface area contributed by atoms with Gasteiger partial charge in [-0.1, -0.05) is 32.4 Å². The Hall–Kier alpha value is -0.340. The van der Waals surface area contributed by atoms with Crippen LogP contribution in [-0.4, -0.2) is 21.9 Å². The summed E-state index contributed by atoms with van der Waals surface area (Å²) in [6.07, 6.45) is 6.38. The maximum atomic E-state index is 10.3. The van der Waals surface area contributed by atoms with Crippen molar-refractivity contribution in [2.24, 2.45) is 10.8 Å². The Labute approximate surface area is 105 Å². The minimum atomic E-state index is -0.969. The van der Waals surface area contributed by atoms with Crippen LogP contribution >= 0.6 is 0 Å². The first kappa shape index (κ1) is 13.1. The smallest absolute Gasteiger partial charge is 0.0912 e. The molecule has 2 rings (SSSR count). The van der Waals surface area contributed by atoms with Crippen LogP contribution in [-0.2, 0) is 0 Å². The summed E-state index contributed by atoms with van der Waals surface area (Å²) in [6, 6.07) is 0. The maximum absolute atomic E-state index is 10.3. The van der Waals surface area contributed by atoms with Gasteiger partial charge in [-0.2, -0.15) is 0 Å². The van der Waals surface area contributed by atoms with Gasteiger partial charge in [-0.25, -0.2) is 0 Å². The van der Waals surface area contributed by atoms with Crippen LogP contribution in [0.25, 0.3) is 0 Å². The van der Waals surface area contributed by atoms with Crippen LogP contribution in [0.3, 0.4) is 0 Å².